The zero-order valence-electron chi connectivity index (χ0n) is 16.1. The molecule has 0 aliphatic heterocycles. The second-order valence-corrected chi connectivity index (χ2v) is 7.82. The highest BCUT2D eigenvalue weighted by atomic mass is 32.2. The number of amides is 2. The molecule has 1 heterocycles. The van der Waals surface area contributed by atoms with Crippen LogP contribution in [0.25, 0.3) is 0 Å². The molecule has 0 saturated carbocycles. The van der Waals surface area contributed by atoms with E-state index in [1.165, 1.54) is 31.4 Å². The fraction of sp³-hybridized carbons (Fsp3) is 0.316. The molecule has 1 aromatic carbocycles. The highest BCUT2D eigenvalue weighted by molar-refractivity contribution is 7.89. The lowest BCUT2D eigenvalue weighted by atomic mass is 10.2. The molecule has 2 aromatic rings. The summed E-state index contributed by atoms with van der Waals surface area (Å²) in [6.45, 7) is 0.877. The maximum atomic E-state index is 12.3. The summed E-state index contributed by atoms with van der Waals surface area (Å²) >= 11 is 0. The Kier molecular flexibility index (Phi) is 8.71. The molecule has 0 fully saturated rings. The minimum atomic E-state index is -3.73. The molecular formula is C19H24N4O5S. The van der Waals surface area contributed by atoms with Crippen LogP contribution < -0.4 is 15.4 Å². The van der Waals surface area contributed by atoms with Gasteiger partial charge in [0.2, 0.25) is 15.9 Å². The molecule has 2 amide bonds. The van der Waals surface area contributed by atoms with Crippen LogP contribution in [-0.4, -0.2) is 52.0 Å². The van der Waals surface area contributed by atoms with Gasteiger partial charge < -0.3 is 15.4 Å². The molecule has 1 aromatic heterocycles. The first-order valence-corrected chi connectivity index (χ1v) is 10.4. The zero-order chi connectivity index (χ0) is 21.1. The van der Waals surface area contributed by atoms with E-state index in [4.69, 9.17) is 4.74 Å². The lowest BCUT2D eigenvalue weighted by Crippen LogP contribution is -2.31. The van der Waals surface area contributed by atoms with Crippen molar-refractivity contribution in [1.82, 2.24) is 20.3 Å². The third kappa shape index (κ3) is 7.60. The van der Waals surface area contributed by atoms with Crippen LogP contribution in [0.15, 0.2) is 53.7 Å². The number of nitrogens with zero attached hydrogens (tertiary/aromatic N) is 1. The van der Waals surface area contributed by atoms with Crippen LogP contribution in [0.1, 0.15) is 22.3 Å². The fourth-order valence-corrected chi connectivity index (χ4v) is 3.41. The van der Waals surface area contributed by atoms with Crippen molar-refractivity contribution in [3.63, 3.8) is 0 Å². The standard InChI is InChI=1S/C19H24N4O5S/c1-28-12-11-23-29(26,27)17-4-2-3-16(13-17)19(25)21-10-7-18(24)22-14-15-5-8-20-9-6-15/h2-6,8-9,13,23H,7,10-12,14H2,1H3,(H,21,25)(H,22,24). The number of sulfonamides is 1. The minimum Gasteiger partial charge on any atom is -0.383 e. The van der Waals surface area contributed by atoms with Crippen molar-refractivity contribution in [2.75, 3.05) is 26.8 Å². The van der Waals surface area contributed by atoms with Crippen LogP contribution in [0.2, 0.25) is 0 Å². The molecule has 0 aliphatic carbocycles. The third-order valence-electron chi connectivity index (χ3n) is 3.88. The number of methoxy groups -OCH3 is 1. The summed E-state index contributed by atoms with van der Waals surface area (Å²) in [4.78, 5) is 28.0. The second-order valence-electron chi connectivity index (χ2n) is 6.06. The van der Waals surface area contributed by atoms with Gasteiger partial charge in [0, 0.05) is 51.1 Å². The van der Waals surface area contributed by atoms with Crippen LogP contribution in [0, 0.1) is 0 Å². The molecule has 0 unspecified atom stereocenters. The number of aromatic nitrogens is 1. The molecule has 0 saturated heterocycles. The predicted molar refractivity (Wildman–Crippen MR) is 107 cm³/mol. The van der Waals surface area contributed by atoms with E-state index in [0.717, 1.165) is 5.56 Å². The highest BCUT2D eigenvalue weighted by Crippen LogP contribution is 2.11. The number of ether oxygens (including phenoxy) is 1. The van der Waals surface area contributed by atoms with Crippen LogP contribution in [0.3, 0.4) is 0 Å². The smallest absolute Gasteiger partial charge is 0.251 e. The summed E-state index contributed by atoms with van der Waals surface area (Å²) in [6, 6.07) is 9.28. The van der Waals surface area contributed by atoms with Gasteiger partial charge >= 0.3 is 0 Å². The fourth-order valence-electron chi connectivity index (χ4n) is 2.35. The zero-order valence-corrected chi connectivity index (χ0v) is 16.9. The maximum Gasteiger partial charge on any atom is 0.251 e. The van der Waals surface area contributed by atoms with E-state index in [-0.39, 0.29) is 42.5 Å². The summed E-state index contributed by atoms with van der Waals surface area (Å²) in [5.74, 6) is -0.665. The van der Waals surface area contributed by atoms with Crippen LogP contribution in [-0.2, 0) is 26.1 Å². The molecule has 29 heavy (non-hydrogen) atoms. The summed E-state index contributed by atoms with van der Waals surface area (Å²) in [5.41, 5.74) is 1.12. The van der Waals surface area contributed by atoms with Crippen molar-refractivity contribution in [3.8, 4) is 0 Å². The molecule has 9 nitrogen and oxygen atoms in total. The van der Waals surface area contributed by atoms with Gasteiger partial charge in [0.15, 0.2) is 0 Å². The lowest BCUT2D eigenvalue weighted by Gasteiger charge is -2.09. The molecule has 156 valence electrons. The quantitative estimate of drug-likeness (QED) is 0.453. The Hall–Kier alpha value is -2.82. The van der Waals surface area contributed by atoms with Crippen molar-refractivity contribution < 1.29 is 22.7 Å². The minimum absolute atomic E-state index is 0.0173. The van der Waals surface area contributed by atoms with E-state index in [9.17, 15) is 18.0 Å². The Morgan fingerprint density at radius 1 is 1.07 bits per heavy atom. The SMILES string of the molecule is COCCNS(=O)(=O)c1cccc(C(=O)NCCC(=O)NCc2ccncc2)c1. The van der Waals surface area contributed by atoms with E-state index in [0.29, 0.717) is 6.54 Å². The van der Waals surface area contributed by atoms with Gasteiger partial charge in [0.1, 0.15) is 0 Å². The third-order valence-corrected chi connectivity index (χ3v) is 5.34. The van der Waals surface area contributed by atoms with Gasteiger partial charge in [0.05, 0.1) is 11.5 Å². The number of hydrogen-bond acceptors (Lipinski definition) is 6. The molecule has 0 atom stereocenters. The molecule has 0 spiro atoms. The van der Waals surface area contributed by atoms with Crippen molar-refractivity contribution in [2.45, 2.75) is 17.9 Å². The summed E-state index contributed by atoms with van der Waals surface area (Å²) in [7, 11) is -2.26. The Morgan fingerprint density at radius 3 is 2.55 bits per heavy atom. The van der Waals surface area contributed by atoms with Crippen molar-refractivity contribution >= 4 is 21.8 Å². The molecule has 3 N–H and O–H groups in total. The molecular weight excluding hydrogens is 396 g/mol. The Balaban J connectivity index is 1.82. The normalized spacial score (nSPS) is 11.1. The molecule has 10 heteroatoms. The summed E-state index contributed by atoms with van der Waals surface area (Å²) in [6.07, 6.45) is 3.39. The Morgan fingerprint density at radius 2 is 1.83 bits per heavy atom. The van der Waals surface area contributed by atoms with Crippen molar-refractivity contribution in [1.29, 1.82) is 0 Å². The Labute approximate surface area is 169 Å². The van der Waals surface area contributed by atoms with E-state index >= 15 is 0 Å². The van der Waals surface area contributed by atoms with Crippen LogP contribution in [0.5, 0.6) is 0 Å². The lowest BCUT2D eigenvalue weighted by molar-refractivity contribution is -0.121. The van der Waals surface area contributed by atoms with E-state index in [1.807, 2.05) is 0 Å². The van der Waals surface area contributed by atoms with Gasteiger partial charge in [-0.05, 0) is 35.9 Å². The van der Waals surface area contributed by atoms with E-state index < -0.39 is 15.9 Å². The van der Waals surface area contributed by atoms with Gasteiger partial charge in [-0.1, -0.05) is 6.07 Å². The van der Waals surface area contributed by atoms with Gasteiger partial charge in [0.25, 0.3) is 5.91 Å². The number of benzene rings is 1. The van der Waals surface area contributed by atoms with Crippen molar-refractivity contribution in [3.05, 3.63) is 59.9 Å². The number of nitrogens with one attached hydrogen (secondary N) is 3. The van der Waals surface area contributed by atoms with Gasteiger partial charge in [-0.2, -0.15) is 0 Å². The number of carbonyl (C=O) groups excluding carboxylic acids is 2. The van der Waals surface area contributed by atoms with Gasteiger partial charge in [-0.3, -0.25) is 14.6 Å². The van der Waals surface area contributed by atoms with Crippen LogP contribution >= 0.6 is 0 Å². The average Bonchev–Trinajstić information content (AvgIpc) is 2.73. The molecule has 2 rings (SSSR count). The Bertz CT molecular complexity index is 919. The summed E-state index contributed by atoms with van der Waals surface area (Å²) in [5, 5.41) is 5.36. The van der Waals surface area contributed by atoms with E-state index in [1.54, 1.807) is 24.5 Å². The largest absolute Gasteiger partial charge is 0.383 e. The molecule has 0 radical (unpaired) electrons. The van der Waals surface area contributed by atoms with Crippen molar-refractivity contribution in [2.24, 2.45) is 0 Å². The maximum absolute atomic E-state index is 12.3. The van der Waals surface area contributed by atoms with Gasteiger partial charge in [-0.25, -0.2) is 13.1 Å². The molecule has 0 bridgehead atoms. The average molecular weight is 420 g/mol. The number of rotatable bonds is 11. The van der Waals surface area contributed by atoms with Gasteiger partial charge in [-0.15, -0.1) is 0 Å². The monoisotopic (exact) mass is 420 g/mol. The summed E-state index contributed by atoms with van der Waals surface area (Å²) < 4.78 is 31.6. The highest BCUT2D eigenvalue weighted by Gasteiger charge is 2.16. The first-order chi connectivity index (χ1) is 13.9. The first-order valence-electron chi connectivity index (χ1n) is 8.95. The molecule has 0 aliphatic rings. The first kappa shape index (κ1) is 22.5. The topological polar surface area (TPSA) is 126 Å². The van der Waals surface area contributed by atoms with E-state index in [2.05, 4.69) is 20.3 Å². The van der Waals surface area contributed by atoms with Crippen LogP contribution in [0.4, 0.5) is 0 Å². The second kappa shape index (κ2) is 11.2. The number of pyridine rings is 1. The predicted octanol–water partition coefficient (Wildman–Crippen LogP) is 0.443. The number of hydrogen-bond donors (Lipinski definition) is 3. The number of carbonyl (C=O) groups is 2.